The molecule has 0 aromatic heterocycles. The van der Waals surface area contributed by atoms with E-state index < -0.39 is 11.7 Å². The second-order valence-electron chi connectivity index (χ2n) is 7.11. The summed E-state index contributed by atoms with van der Waals surface area (Å²) >= 11 is 0. The fourth-order valence-corrected chi connectivity index (χ4v) is 2.03. The molecule has 3 amide bonds. The van der Waals surface area contributed by atoms with Crippen LogP contribution in [0.3, 0.4) is 0 Å². The van der Waals surface area contributed by atoms with Crippen molar-refractivity contribution in [2.24, 2.45) is 0 Å². The number of hydrogen-bond donors (Lipinski definition) is 3. The minimum Gasteiger partial charge on any atom is -0.444 e. The van der Waals surface area contributed by atoms with E-state index in [4.69, 9.17) is 4.74 Å². The van der Waals surface area contributed by atoms with E-state index in [1.807, 2.05) is 26.0 Å². The Morgan fingerprint density at radius 3 is 2.23 bits per heavy atom. The molecule has 3 N–H and O–H groups in total. The lowest BCUT2D eigenvalue weighted by Crippen LogP contribution is -2.40. The molecule has 0 bridgehead atoms. The third kappa shape index (κ3) is 8.50. The van der Waals surface area contributed by atoms with Gasteiger partial charge in [-0.2, -0.15) is 0 Å². The van der Waals surface area contributed by atoms with Crippen molar-refractivity contribution in [2.45, 2.75) is 46.6 Å². The van der Waals surface area contributed by atoms with E-state index in [0.29, 0.717) is 25.1 Å². The van der Waals surface area contributed by atoms with Crippen molar-refractivity contribution in [1.82, 2.24) is 16.0 Å². The van der Waals surface area contributed by atoms with Gasteiger partial charge in [0, 0.05) is 18.7 Å². The predicted octanol–water partition coefficient (Wildman–Crippen LogP) is 2.06. The van der Waals surface area contributed by atoms with Crippen molar-refractivity contribution < 1.29 is 19.1 Å². The summed E-state index contributed by atoms with van der Waals surface area (Å²) in [6.45, 7) is 9.92. The SMILES string of the molecule is Cc1ccc(C(=O)NCCCNC(=O)CNC(=O)OC(C)(C)C)cc1C. The highest BCUT2D eigenvalue weighted by Gasteiger charge is 2.16. The van der Waals surface area contributed by atoms with Crippen LogP contribution in [-0.4, -0.2) is 43.1 Å². The van der Waals surface area contributed by atoms with Crippen LogP contribution >= 0.6 is 0 Å². The van der Waals surface area contributed by atoms with Gasteiger partial charge in [0.1, 0.15) is 5.60 Å². The molecule has 0 aliphatic carbocycles. The smallest absolute Gasteiger partial charge is 0.408 e. The molecule has 7 heteroatoms. The number of alkyl carbamates (subject to hydrolysis) is 1. The Morgan fingerprint density at radius 1 is 0.962 bits per heavy atom. The molecule has 7 nitrogen and oxygen atoms in total. The largest absolute Gasteiger partial charge is 0.444 e. The fourth-order valence-electron chi connectivity index (χ4n) is 2.03. The van der Waals surface area contributed by atoms with Crippen LogP contribution < -0.4 is 16.0 Å². The van der Waals surface area contributed by atoms with E-state index in [-0.39, 0.29) is 18.4 Å². The lowest BCUT2D eigenvalue weighted by Gasteiger charge is -2.19. The normalized spacial score (nSPS) is 10.8. The zero-order chi connectivity index (χ0) is 19.7. The number of nitrogens with one attached hydrogen (secondary N) is 3. The molecular weight excluding hydrogens is 334 g/mol. The quantitative estimate of drug-likeness (QED) is 0.646. The Hall–Kier alpha value is -2.57. The van der Waals surface area contributed by atoms with Gasteiger partial charge in [0.2, 0.25) is 5.91 Å². The molecule has 1 aromatic carbocycles. The number of amides is 3. The molecule has 0 aliphatic rings. The highest BCUT2D eigenvalue weighted by Crippen LogP contribution is 2.09. The first-order valence-electron chi connectivity index (χ1n) is 8.67. The third-order valence-corrected chi connectivity index (χ3v) is 3.52. The van der Waals surface area contributed by atoms with E-state index in [0.717, 1.165) is 11.1 Å². The van der Waals surface area contributed by atoms with Crippen LogP contribution in [0.15, 0.2) is 18.2 Å². The van der Waals surface area contributed by atoms with Crippen molar-refractivity contribution in [3.05, 3.63) is 34.9 Å². The summed E-state index contributed by atoms with van der Waals surface area (Å²) in [5.74, 6) is -0.442. The molecule has 0 heterocycles. The van der Waals surface area contributed by atoms with Crippen molar-refractivity contribution in [2.75, 3.05) is 19.6 Å². The molecule has 1 aromatic rings. The second-order valence-corrected chi connectivity index (χ2v) is 7.11. The van der Waals surface area contributed by atoms with Gasteiger partial charge >= 0.3 is 6.09 Å². The lowest BCUT2D eigenvalue weighted by atomic mass is 10.1. The van der Waals surface area contributed by atoms with Gasteiger partial charge in [0.15, 0.2) is 0 Å². The topological polar surface area (TPSA) is 96.5 Å². The van der Waals surface area contributed by atoms with Gasteiger partial charge in [-0.25, -0.2) is 4.79 Å². The van der Waals surface area contributed by atoms with Crippen LogP contribution in [0.1, 0.15) is 48.7 Å². The van der Waals surface area contributed by atoms with E-state index in [9.17, 15) is 14.4 Å². The Labute approximate surface area is 154 Å². The Morgan fingerprint density at radius 2 is 1.62 bits per heavy atom. The zero-order valence-electron chi connectivity index (χ0n) is 16.2. The van der Waals surface area contributed by atoms with Gasteiger partial charge < -0.3 is 20.7 Å². The molecule has 0 atom stereocenters. The van der Waals surface area contributed by atoms with Crippen LogP contribution in [0.25, 0.3) is 0 Å². The van der Waals surface area contributed by atoms with E-state index in [1.54, 1.807) is 26.8 Å². The standard InChI is InChI=1S/C19H29N3O4/c1-13-7-8-15(11-14(13)2)17(24)21-10-6-9-20-16(23)12-22-18(25)26-19(3,4)5/h7-8,11H,6,9-10,12H2,1-5H3,(H,20,23)(H,21,24)(H,22,25). The van der Waals surface area contributed by atoms with E-state index in [1.165, 1.54) is 0 Å². The van der Waals surface area contributed by atoms with Crippen LogP contribution in [0.4, 0.5) is 4.79 Å². The maximum Gasteiger partial charge on any atom is 0.408 e. The minimum absolute atomic E-state index is 0.133. The van der Waals surface area contributed by atoms with Gasteiger partial charge in [0.25, 0.3) is 5.91 Å². The average molecular weight is 363 g/mol. The summed E-state index contributed by atoms with van der Waals surface area (Å²) in [5.41, 5.74) is 2.24. The molecule has 0 radical (unpaired) electrons. The Bertz CT molecular complexity index is 651. The van der Waals surface area contributed by atoms with Crippen molar-refractivity contribution in [3.8, 4) is 0 Å². The number of carbonyl (C=O) groups excluding carboxylic acids is 3. The molecule has 0 saturated heterocycles. The third-order valence-electron chi connectivity index (χ3n) is 3.52. The van der Waals surface area contributed by atoms with Crippen LogP contribution in [0.2, 0.25) is 0 Å². The summed E-state index contributed by atoms with van der Waals surface area (Å²) in [5, 5.41) is 7.87. The summed E-state index contributed by atoms with van der Waals surface area (Å²) < 4.78 is 5.04. The molecule has 26 heavy (non-hydrogen) atoms. The highest BCUT2D eigenvalue weighted by atomic mass is 16.6. The summed E-state index contributed by atoms with van der Waals surface area (Å²) in [7, 11) is 0. The Balaban J connectivity index is 2.18. The number of ether oxygens (including phenoxy) is 1. The summed E-state index contributed by atoms with van der Waals surface area (Å²) in [6.07, 6.45) is -0.0392. The maximum absolute atomic E-state index is 12.0. The van der Waals surface area contributed by atoms with Gasteiger partial charge in [0.05, 0.1) is 6.54 Å². The number of benzene rings is 1. The first-order valence-corrected chi connectivity index (χ1v) is 8.67. The van der Waals surface area contributed by atoms with E-state index in [2.05, 4.69) is 16.0 Å². The second kappa shape index (κ2) is 9.79. The van der Waals surface area contributed by atoms with Crippen molar-refractivity contribution in [1.29, 1.82) is 0 Å². The van der Waals surface area contributed by atoms with Crippen LogP contribution in [0.5, 0.6) is 0 Å². The van der Waals surface area contributed by atoms with Crippen molar-refractivity contribution >= 4 is 17.9 Å². The van der Waals surface area contributed by atoms with Gasteiger partial charge in [-0.05, 0) is 64.3 Å². The van der Waals surface area contributed by atoms with Crippen LogP contribution in [0, 0.1) is 13.8 Å². The molecule has 0 unspecified atom stereocenters. The molecule has 1 rings (SSSR count). The predicted molar refractivity (Wildman–Crippen MR) is 100 cm³/mol. The van der Waals surface area contributed by atoms with Crippen molar-refractivity contribution in [3.63, 3.8) is 0 Å². The van der Waals surface area contributed by atoms with Gasteiger partial charge in [-0.1, -0.05) is 6.07 Å². The first-order chi connectivity index (χ1) is 12.1. The monoisotopic (exact) mass is 363 g/mol. The first kappa shape index (κ1) is 21.5. The fraction of sp³-hybridized carbons (Fsp3) is 0.526. The maximum atomic E-state index is 12.0. The lowest BCUT2D eigenvalue weighted by molar-refractivity contribution is -0.120. The van der Waals surface area contributed by atoms with Gasteiger partial charge in [-0.3, -0.25) is 9.59 Å². The number of rotatable bonds is 7. The molecule has 144 valence electrons. The molecular formula is C19H29N3O4. The molecule has 0 saturated carbocycles. The minimum atomic E-state index is -0.631. The summed E-state index contributed by atoms with van der Waals surface area (Å²) in [4.78, 5) is 35.1. The van der Waals surface area contributed by atoms with E-state index >= 15 is 0 Å². The highest BCUT2D eigenvalue weighted by molar-refractivity contribution is 5.94. The van der Waals surface area contributed by atoms with Gasteiger partial charge in [-0.15, -0.1) is 0 Å². The molecule has 0 aliphatic heterocycles. The zero-order valence-corrected chi connectivity index (χ0v) is 16.2. The average Bonchev–Trinajstić information content (AvgIpc) is 2.53. The van der Waals surface area contributed by atoms with Crippen LogP contribution in [-0.2, 0) is 9.53 Å². The Kier molecular flexibility index (Phi) is 8.09. The number of carbonyl (C=O) groups is 3. The number of aryl methyl sites for hydroxylation is 2. The molecule has 0 fully saturated rings. The molecule has 0 spiro atoms. The number of hydrogen-bond acceptors (Lipinski definition) is 4. The summed E-state index contributed by atoms with van der Waals surface area (Å²) in [6, 6.07) is 5.57.